The SMILES string of the molecule is COC(=O)C1(C(=O)OC)CC2=C([Si](C)(C)C)c3occc3[C@@H]3CC[C@]23C1. The molecule has 0 radical (unpaired) electrons. The van der Waals surface area contributed by atoms with Gasteiger partial charge in [0.05, 0.1) is 28.6 Å². The zero-order chi connectivity index (χ0) is 18.9. The van der Waals surface area contributed by atoms with Crippen molar-refractivity contribution in [3.63, 3.8) is 0 Å². The van der Waals surface area contributed by atoms with Gasteiger partial charge in [-0.2, -0.15) is 0 Å². The number of furan rings is 1. The average molecular weight is 375 g/mol. The minimum absolute atomic E-state index is 0.130. The fourth-order valence-electron chi connectivity index (χ4n) is 5.68. The molecule has 26 heavy (non-hydrogen) atoms. The summed E-state index contributed by atoms with van der Waals surface area (Å²) < 4.78 is 16.1. The zero-order valence-electron chi connectivity index (χ0n) is 16.1. The molecule has 0 aliphatic heterocycles. The van der Waals surface area contributed by atoms with Gasteiger partial charge in [-0.1, -0.05) is 25.2 Å². The third kappa shape index (κ3) is 1.96. The molecule has 0 aromatic carbocycles. The topological polar surface area (TPSA) is 65.7 Å². The van der Waals surface area contributed by atoms with Gasteiger partial charge in [0.25, 0.3) is 0 Å². The summed E-state index contributed by atoms with van der Waals surface area (Å²) in [7, 11) is 0.929. The van der Waals surface area contributed by atoms with E-state index in [1.165, 1.54) is 30.6 Å². The monoisotopic (exact) mass is 374 g/mol. The summed E-state index contributed by atoms with van der Waals surface area (Å²) in [6, 6.07) is 2.08. The van der Waals surface area contributed by atoms with E-state index < -0.39 is 25.4 Å². The predicted molar refractivity (Wildman–Crippen MR) is 99.1 cm³/mol. The normalized spacial score (nSPS) is 28.6. The van der Waals surface area contributed by atoms with Crippen LogP contribution in [0.4, 0.5) is 0 Å². The highest BCUT2D eigenvalue weighted by Crippen LogP contribution is 2.73. The lowest BCUT2D eigenvalue weighted by Crippen LogP contribution is -2.45. The Balaban J connectivity index is 1.97. The Bertz CT molecular complexity index is 811. The van der Waals surface area contributed by atoms with Crippen molar-refractivity contribution in [3.05, 3.63) is 29.2 Å². The molecule has 6 heteroatoms. The van der Waals surface area contributed by atoms with E-state index in [-0.39, 0.29) is 5.41 Å². The number of ether oxygens (including phenoxy) is 2. The van der Waals surface area contributed by atoms with E-state index in [1.807, 2.05) is 0 Å². The van der Waals surface area contributed by atoms with Crippen LogP contribution in [0.1, 0.15) is 42.9 Å². The van der Waals surface area contributed by atoms with Crippen LogP contribution >= 0.6 is 0 Å². The van der Waals surface area contributed by atoms with Crippen LogP contribution in [0.2, 0.25) is 19.6 Å². The number of carbonyl (C=O) groups is 2. The Morgan fingerprint density at radius 3 is 2.35 bits per heavy atom. The number of fused-ring (bicyclic) bond motifs is 2. The highest BCUT2D eigenvalue weighted by molar-refractivity contribution is 6.93. The van der Waals surface area contributed by atoms with Gasteiger partial charge >= 0.3 is 11.9 Å². The van der Waals surface area contributed by atoms with Gasteiger partial charge in [-0.05, 0) is 42.9 Å². The fraction of sp³-hybridized carbons (Fsp3) is 0.600. The quantitative estimate of drug-likeness (QED) is 0.456. The predicted octanol–water partition coefficient (Wildman–Crippen LogP) is 3.91. The van der Waals surface area contributed by atoms with Crippen molar-refractivity contribution in [1.82, 2.24) is 0 Å². The average Bonchev–Trinajstić information content (AvgIpc) is 3.17. The number of hydrogen-bond donors (Lipinski definition) is 0. The number of allylic oxidation sites excluding steroid dienone is 1. The number of carbonyl (C=O) groups excluding carboxylic acids is 2. The molecular weight excluding hydrogens is 348 g/mol. The second kappa shape index (κ2) is 5.35. The Morgan fingerprint density at radius 2 is 1.85 bits per heavy atom. The van der Waals surface area contributed by atoms with Gasteiger partial charge in [0.2, 0.25) is 0 Å². The molecule has 0 N–H and O–H groups in total. The van der Waals surface area contributed by atoms with E-state index in [2.05, 4.69) is 25.7 Å². The van der Waals surface area contributed by atoms with Crippen molar-refractivity contribution in [1.29, 1.82) is 0 Å². The molecule has 0 saturated heterocycles. The minimum Gasteiger partial charge on any atom is -0.468 e. The largest absolute Gasteiger partial charge is 0.468 e. The molecule has 140 valence electrons. The Morgan fingerprint density at radius 1 is 1.19 bits per heavy atom. The van der Waals surface area contributed by atoms with Crippen LogP contribution in [-0.4, -0.2) is 34.2 Å². The third-order valence-electron chi connectivity index (χ3n) is 6.75. The van der Waals surface area contributed by atoms with Crippen molar-refractivity contribution in [2.75, 3.05) is 14.2 Å². The molecule has 2 atom stereocenters. The van der Waals surface area contributed by atoms with Gasteiger partial charge in [0, 0.05) is 11.0 Å². The molecule has 1 aromatic rings. The Hall–Kier alpha value is -1.82. The van der Waals surface area contributed by atoms with Crippen LogP contribution in [0.25, 0.3) is 5.20 Å². The molecule has 0 unspecified atom stereocenters. The molecule has 1 aromatic heterocycles. The van der Waals surface area contributed by atoms with Gasteiger partial charge in [-0.25, -0.2) is 0 Å². The second-order valence-corrected chi connectivity index (χ2v) is 14.0. The van der Waals surface area contributed by atoms with E-state index in [1.54, 1.807) is 6.26 Å². The van der Waals surface area contributed by atoms with E-state index >= 15 is 0 Å². The maximum Gasteiger partial charge on any atom is 0.323 e. The van der Waals surface area contributed by atoms with Gasteiger partial charge < -0.3 is 13.9 Å². The summed E-state index contributed by atoms with van der Waals surface area (Å²) in [5.41, 5.74) is 1.15. The molecule has 0 amide bonds. The van der Waals surface area contributed by atoms with Crippen LogP contribution in [-0.2, 0) is 19.1 Å². The van der Waals surface area contributed by atoms with Crippen molar-refractivity contribution in [2.45, 2.75) is 51.2 Å². The molecule has 0 bridgehead atoms. The lowest BCUT2D eigenvalue weighted by atomic mass is 9.52. The van der Waals surface area contributed by atoms with Gasteiger partial charge in [0.1, 0.15) is 5.76 Å². The molecular formula is C20H26O5Si. The number of hydrogen-bond acceptors (Lipinski definition) is 5. The van der Waals surface area contributed by atoms with Crippen molar-refractivity contribution < 1.29 is 23.5 Å². The summed E-state index contributed by atoms with van der Waals surface area (Å²) in [5.74, 6) is 0.364. The lowest BCUT2D eigenvalue weighted by molar-refractivity contribution is -0.169. The maximum atomic E-state index is 12.8. The van der Waals surface area contributed by atoms with E-state index in [9.17, 15) is 9.59 Å². The first kappa shape index (κ1) is 17.6. The van der Waals surface area contributed by atoms with Crippen molar-refractivity contribution >= 4 is 25.2 Å². The molecule has 4 rings (SSSR count). The molecule has 1 spiro atoms. The lowest BCUT2D eigenvalue weighted by Gasteiger charge is -2.53. The molecule has 3 aliphatic carbocycles. The molecule has 5 nitrogen and oxygen atoms in total. The number of esters is 2. The van der Waals surface area contributed by atoms with Gasteiger partial charge in [-0.15, -0.1) is 0 Å². The van der Waals surface area contributed by atoms with E-state index in [0.29, 0.717) is 18.8 Å². The van der Waals surface area contributed by atoms with Crippen molar-refractivity contribution in [3.8, 4) is 0 Å². The number of methoxy groups -OCH3 is 2. The number of rotatable bonds is 3. The van der Waals surface area contributed by atoms with Crippen LogP contribution in [0, 0.1) is 10.8 Å². The first-order valence-corrected chi connectivity index (χ1v) is 12.7. The minimum atomic E-state index is -1.77. The molecule has 2 fully saturated rings. The Labute approximate surface area is 154 Å². The summed E-state index contributed by atoms with van der Waals surface area (Å²) >= 11 is 0. The standard InChI is InChI=1S/C20H26O5Si/c1-23-17(21)20(18(22)24-2)10-14-16(26(3,4)5)15-12(7-9-25-15)13-6-8-19(13,14)11-20/h7,9,13H,6,8,10-11H2,1-5H3/t13-,19+/m0/s1. The summed E-state index contributed by atoms with van der Waals surface area (Å²) in [6.07, 6.45) is 4.72. The van der Waals surface area contributed by atoms with Crippen LogP contribution < -0.4 is 0 Å². The second-order valence-electron chi connectivity index (χ2n) is 8.97. The highest BCUT2D eigenvalue weighted by Gasteiger charge is 2.68. The molecule has 3 aliphatic rings. The first-order valence-electron chi connectivity index (χ1n) is 9.20. The van der Waals surface area contributed by atoms with E-state index in [4.69, 9.17) is 13.9 Å². The molecule has 1 heterocycles. The van der Waals surface area contributed by atoms with Crippen LogP contribution in [0.3, 0.4) is 0 Å². The zero-order valence-corrected chi connectivity index (χ0v) is 17.1. The Kier molecular flexibility index (Phi) is 3.62. The maximum absolute atomic E-state index is 12.8. The fourth-order valence-corrected chi connectivity index (χ4v) is 7.80. The van der Waals surface area contributed by atoms with Crippen molar-refractivity contribution in [2.24, 2.45) is 10.8 Å². The van der Waals surface area contributed by atoms with Crippen LogP contribution in [0.5, 0.6) is 0 Å². The first-order chi connectivity index (χ1) is 12.2. The summed E-state index contributed by atoms with van der Waals surface area (Å²) in [5, 5.41) is 1.28. The van der Waals surface area contributed by atoms with Gasteiger partial charge in [-0.3, -0.25) is 9.59 Å². The highest BCUT2D eigenvalue weighted by atomic mass is 28.3. The van der Waals surface area contributed by atoms with Crippen LogP contribution in [0.15, 0.2) is 22.3 Å². The summed E-state index contributed by atoms with van der Waals surface area (Å²) in [6.45, 7) is 6.89. The smallest absolute Gasteiger partial charge is 0.323 e. The van der Waals surface area contributed by atoms with Gasteiger partial charge in [0.15, 0.2) is 5.41 Å². The summed E-state index contributed by atoms with van der Waals surface area (Å²) in [4.78, 5) is 25.5. The van der Waals surface area contributed by atoms with E-state index in [0.717, 1.165) is 18.6 Å². The third-order valence-corrected chi connectivity index (χ3v) is 8.77. The molecule has 2 saturated carbocycles.